The Hall–Kier alpha value is -1.54. The van der Waals surface area contributed by atoms with E-state index >= 15 is 0 Å². The van der Waals surface area contributed by atoms with Crippen molar-refractivity contribution in [2.75, 3.05) is 20.4 Å². The zero-order valence-corrected chi connectivity index (χ0v) is 19.9. The number of nitrogens with zero attached hydrogens (tertiary/aromatic N) is 1. The van der Waals surface area contributed by atoms with Gasteiger partial charge in [-0.25, -0.2) is 22.9 Å². The SMILES string of the molecule is CC#C[C@@](O)([C@H](O)[C@@](CF)(COP(=O)(O)OP(=O)(O)OP(=O)(O)O)OC)n1ccc(=O)[nH]c1=O. The Morgan fingerprint density at radius 3 is 2.21 bits per heavy atom. The number of aliphatic hydroxyl groups excluding tert-OH is 1. The highest BCUT2D eigenvalue weighted by molar-refractivity contribution is 7.66. The number of hydrogen-bond donors (Lipinski definition) is 7. The van der Waals surface area contributed by atoms with Crippen molar-refractivity contribution in [3.63, 3.8) is 0 Å². The van der Waals surface area contributed by atoms with Crippen LogP contribution in [0.25, 0.3) is 0 Å². The van der Waals surface area contributed by atoms with Gasteiger partial charge in [0.15, 0.2) is 5.60 Å². The van der Waals surface area contributed by atoms with Gasteiger partial charge in [0.05, 0.1) is 6.61 Å². The molecule has 0 aromatic carbocycles. The van der Waals surface area contributed by atoms with Crippen molar-refractivity contribution in [3.05, 3.63) is 33.1 Å². The molecule has 0 aliphatic carbocycles. The second kappa shape index (κ2) is 11.0. The summed E-state index contributed by atoms with van der Waals surface area (Å²) < 4.78 is 64.5. The van der Waals surface area contributed by atoms with Gasteiger partial charge in [-0.1, -0.05) is 0 Å². The van der Waals surface area contributed by atoms with E-state index in [2.05, 4.69) is 19.1 Å². The molecule has 0 spiro atoms. The van der Waals surface area contributed by atoms with Gasteiger partial charge in [0, 0.05) is 19.4 Å². The number of phosphoric acid groups is 3. The van der Waals surface area contributed by atoms with Gasteiger partial charge >= 0.3 is 29.2 Å². The topological polar surface area (TPSA) is 264 Å². The highest BCUT2D eigenvalue weighted by atomic mass is 31.3. The minimum absolute atomic E-state index is 0.282. The van der Waals surface area contributed by atoms with E-state index in [9.17, 15) is 42.8 Å². The average molecular weight is 556 g/mol. The van der Waals surface area contributed by atoms with Crippen LogP contribution in [-0.4, -0.2) is 71.4 Å². The summed E-state index contributed by atoms with van der Waals surface area (Å²) >= 11 is 0. The number of nitrogens with one attached hydrogen (secondary N) is 1. The van der Waals surface area contributed by atoms with E-state index in [1.165, 1.54) is 0 Å². The highest BCUT2D eigenvalue weighted by Crippen LogP contribution is 2.66. The molecule has 0 radical (unpaired) electrons. The lowest BCUT2D eigenvalue weighted by Gasteiger charge is -2.41. The van der Waals surface area contributed by atoms with Gasteiger partial charge in [-0.05, 0) is 12.8 Å². The number of alkyl halides is 1. The molecule has 0 fully saturated rings. The Morgan fingerprint density at radius 1 is 1.18 bits per heavy atom. The number of H-pyrrole nitrogens is 1. The van der Waals surface area contributed by atoms with Gasteiger partial charge in [0.25, 0.3) is 5.56 Å². The average Bonchev–Trinajstić information content (AvgIpc) is 2.66. The molecule has 0 saturated carbocycles. The van der Waals surface area contributed by atoms with Crippen molar-refractivity contribution in [2.24, 2.45) is 0 Å². The lowest BCUT2D eigenvalue weighted by Crippen LogP contribution is -2.63. The third kappa shape index (κ3) is 7.74. The van der Waals surface area contributed by atoms with Gasteiger partial charge in [0.1, 0.15) is 12.8 Å². The summed E-state index contributed by atoms with van der Waals surface area (Å²) in [6.07, 6.45) is -1.94. The van der Waals surface area contributed by atoms with Gasteiger partial charge < -0.3 is 34.5 Å². The van der Waals surface area contributed by atoms with Gasteiger partial charge in [0.2, 0.25) is 5.72 Å². The monoisotopic (exact) mass is 556 g/mol. The summed E-state index contributed by atoms with van der Waals surface area (Å²) in [6, 6.07) is 0.742. The van der Waals surface area contributed by atoms with Crippen molar-refractivity contribution in [3.8, 4) is 11.8 Å². The first-order valence-electron chi connectivity index (χ1n) is 8.43. The van der Waals surface area contributed by atoms with E-state index in [-0.39, 0.29) is 4.57 Å². The maximum Gasteiger partial charge on any atom is 0.490 e. The fourth-order valence-corrected chi connectivity index (χ4v) is 5.48. The molecule has 34 heavy (non-hydrogen) atoms. The molecular formula is C13H20FN2O15P3. The van der Waals surface area contributed by atoms with Gasteiger partial charge in [-0.2, -0.15) is 8.62 Å². The molecule has 1 heterocycles. The molecule has 5 atom stereocenters. The van der Waals surface area contributed by atoms with Crippen molar-refractivity contribution in [1.29, 1.82) is 0 Å². The maximum absolute atomic E-state index is 14.0. The molecule has 7 N–H and O–H groups in total. The van der Waals surface area contributed by atoms with E-state index in [1.807, 2.05) is 5.92 Å². The van der Waals surface area contributed by atoms with Crippen LogP contribution < -0.4 is 11.2 Å². The van der Waals surface area contributed by atoms with Crippen molar-refractivity contribution in [2.45, 2.75) is 24.4 Å². The molecule has 1 aromatic heterocycles. The molecule has 194 valence electrons. The number of hydrogen-bond acceptors (Lipinski definition) is 11. The van der Waals surface area contributed by atoms with E-state index in [0.29, 0.717) is 6.20 Å². The first-order chi connectivity index (χ1) is 15.4. The minimum atomic E-state index is -5.91. The Kier molecular flexibility index (Phi) is 9.88. The van der Waals surface area contributed by atoms with Crippen LogP contribution in [0, 0.1) is 11.8 Å². The zero-order chi connectivity index (χ0) is 26.6. The Morgan fingerprint density at radius 2 is 1.76 bits per heavy atom. The number of aromatic nitrogens is 2. The second-order valence-electron chi connectivity index (χ2n) is 6.25. The standard InChI is InChI=1S/C13H20FN2O15P3/c1-3-5-13(20,16-6-4-9(17)15-11(16)19)10(18)12(7-14,28-2)8-29-33(24,25)31-34(26,27)30-32(21,22)23/h4,6,10,18,20H,7-8H2,1-2H3,(H,24,25)(H,26,27)(H,15,17,19)(H2,21,22,23)/t10-,12-,13-/m1/s1. The largest absolute Gasteiger partial charge is 0.490 e. The molecular weight excluding hydrogens is 536 g/mol. The van der Waals surface area contributed by atoms with Crippen molar-refractivity contribution < 1.29 is 65.8 Å². The predicted molar refractivity (Wildman–Crippen MR) is 107 cm³/mol. The summed E-state index contributed by atoms with van der Waals surface area (Å²) in [5.74, 6) is 4.17. The summed E-state index contributed by atoms with van der Waals surface area (Å²) in [5, 5.41) is 21.7. The second-order valence-corrected chi connectivity index (χ2v) is 10.7. The molecule has 0 bridgehead atoms. The fourth-order valence-electron chi connectivity index (χ4n) is 2.41. The number of methoxy groups -OCH3 is 1. The molecule has 1 aromatic rings. The molecule has 1 rings (SSSR count). The summed E-state index contributed by atoms with van der Waals surface area (Å²) in [4.78, 5) is 60.9. The third-order valence-corrected chi connectivity index (χ3v) is 7.68. The Bertz CT molecular complexity index is 1190. The summed E-state index contributed by atoms with van der Waals surface area (Å²) in [7, 11) is -16.6. The highest BCUT2D eigenvalue weighted by Gasteiger charge is 2.54. The van der Waals surface area contributed by atoms with Crippen LogP contribution in [-0.2, 0) is 37.3 Å². The maximum atomic E-state index is 14.0. The van der Waals surface area contributed by atoms with Crippen LogP contribution in [0.5, 0.6) is 0 Å². The number of rotatable bonds is 12. The molecule has 0 amide bonds. The minimum Gasteiger partial charge on any atom is -0.384 e. The predicted octanol–water partition coefficient (Wildman–Crippen LogP) is -1.74. The fraction of sp³-hybridized carbons (Fsp3) is 0.538. The summed E-state index contributed by atoms with van der Waals surface area (Å²) in [6.45, 7) is -2.21. The number of aromatic amines is 1. The Labute approximate surface area is 189 Å². The van der Waals surface area contributed by atoms with Gasteiger partial charge in [-0.15, -0.1) is 5.92 Å². The normalized spacial score (nSPS) is 20.0. The van der Waals surface area contributed by atoms with Crippen LogP contribution in [0.2, 0.25) is 0 Å². The molecule has 0 aliphatic heterocycles. The number of phosphoric ester groups is 1. The van der Waals surface area contributed by atoms with E-state index in [4.69, 9.17) is 19.4 Å². The van der Waals surface area contributed by atoms with E-state index < -0.39 is 65.4 Å². The number of ether oxygens (including phenoxy) is 1. The van der Waals surface area contributed by atoms with Crippen molar-refractivity contribution in [1.82, 2.24) is 9.55 Å². The smallest absolute Gasteiger partial charge is 0.384 e. The molecule has 17 nitrogen and oxygen atoms in total. The molecule has 0 saturated heterocycles. The number of halogens is 1. The van der Waals surface area contributed by atoms with E-state index in [1.54, 1.807) is 4.98 Å². The van der Waals surface area contributed by atoms with Crippen molar-refractivity contribution >= 4 is 23.5 Å². The molecule has 2 unspecified atom stereocenters. The first-order valence-corrected chi connectivity index (χ1v) is 13.0. The Balaban J connectivity index is 3.36. The quantitative estimate of drug-likeness (QED) is 0.111. The van der Waals surface area contributed by atoms with Crippen LogP contribution >= 0.6 is 23.5 Å². The van der Waals surface area contributed by atoms with Crippen LogP contribution in [0.3, 0.4) is 0 Å². The lowest BCUT2D eigenvalue weighted by molar-refractivity contribution is -0.211. The zero-order valence-electron chi connectivity index (χ0n) is 17.2. The lowest BCUT2D eigenvalue weighted by atomic mass is 9.89. The third-order valence-electron chi connectivity index (χ3n) is 3.90. The molecule has 0 aliphatic rings. The molecule has 21 heteroatoms. The van der Waals surface area contributed by atoms with Crippen LogP contribution in [0.4, 0.5) is 4.39 Å². The first kappa shape index (κ1) is 30.5. The van der Waals surface area contributed by atoms with Crippen LogP contribution in [0.1, 0.15) is 6.92 Å². The van der Waals surface area contributed by atoms with Gasteiger partial charge in [-0.3, -0.25) is 18.9 Å². The number of aliphatic hydroxyl groups is 2. The van der Waals surface area contributed by atoms with E-state index in [0.717, 1.165) is 20.1 Å². The van der Waals surface area contributed by atoms with Crippen LogP contribution in [0.15, 0.2) is 21.9 Å². The summed E-state index contributed by atoms with van der Waals surface area (Å²) in [5.41, 5.74) is -8.09.